The summed E-state index contributed by atoms with van der Waals surface area (Å²) in [7, 11) is 3.29. The van der Waals surface area contributed by atoms with Gasteiger partial charge in [0.15, 0.2) is 6.61 Å². The number of rotatable bonds is 6. The van der Waals surface area contributed by atoms with Gasteiger partial charge in [-0.05, 0) is 36.4 Å². The Kier molecular flexibility index (Phi) is 5.94. The van der Waals surface area contributed by atoms with E-state index in [-0.39, 0.29) is 17.0 Å². The second-order valence-electron chi connectivity index (χ2n) is 5.85. The summed E-state index contributed by atoms with van der Waals surface area (Å²) in [5.41, 5.74) is 4.92. The fraction of sp³-hybridized carbons (Fsp3) is 0.222. The van der Waals surface area contributed by atoms with Crippen molar-refractivity contribution in [2.24, 2.45) is 5.73 Å². The molecule has 0 bridgehead atoms. The first kappa shape index (κ1) is 20.1. The second kappa shape index (κ2) is 7.98. The molecule has 2 rings (SSSR count). The van der Waals surface area contributed by atoms with Crippen LogP contribution in [0.2, 0.25) is 0 Å². The quantitative estimate of drug-likeness (QED) is 0.806. The van der Waals surface area contributed by atoms with Crippen LogP contribution >= 0.6 is 0 Å². The highest BCUT2D eigenvalue weighted by molar-refractivity contribution is 5.95. The van der Waals surface area contributed by atoms with Crippen LogP contribution in [-0.2, 0) is 11.0 Å². The van der Waals surface area contributed by atoms with Gasteiger partial charge >= 0.3 is 6.18 Å². The minimum absolute atomic E-state index is 0.00862. The molecule has 27 heavy (non-hydrogen) atoms. The van der Waals surface area contributed by atoms with E-state index in [1.807, 2.05) is 0 Å². The molecule has 0 unspecified atom stereocenters. The lowest BCUT2D eigenvalue weighted by molar-refractivity contribution is -0.137. The zero-order valence-corrected chi connectivity index (χ0v) is 14.6. The number of carbonyl (C=O) groups is 2. The zero-order chi connectivity index (χ0) is 20.2. The van der Waals surface area contributed by atoms with E-state index in [2.05, 4.69) is 5.32 Å². The molecule has 0 saturated carbocycles. The second-order valence-corrected chi connectivity index (χ2v) is 5.85. The minimum Gasteiger partial charge on any atom is -0.484 e. The summed E-state index contributed by atoms with van der Waals surface area (Å²) < 4.78 is 44.0. The number of nitrogens with zero attached hydrogens (tertiary/aromatic N) is 1. The van der Waals surface area contributed by atoms with Gasteiger partial charge in [-0.15, -0.1) is 0 Å². The summed E-state index contributed by atoms with van der Waals surface area (Å²) in [4.78, 5) is 24.8. The molecule has 0 heterocycles. The molecule has 9 heteroatoms. The lowest BCUT2D eigenvalue weighted by Crippen LogP contribution is -2.23. The van der Waals surface area contributed by atoms with Crippen molar-refractivity contribution >= 4 is 23.2 Å². The number of halogens is 3. The summed E-state index contributed by atoms with van der Waals surface area (Å²) in [5, 5.41) is 2.41. The lowest BCUT2D eigenvalue weighted by Gasteiger charge is -2.20. The Morgan fingerprint density at radius 1 is 1.15 bits per heavy atom. The van der Waals surface area contributed by atoms with E-state index in [0.717, 1.165) is 12.1 Å². The Balaban J connectivity index is 2.12. The van der Waals surface area contributed by atoms with E-state index in [0.29, 0.717) is 5.69 Å². The molecule has 0 atom stereocenters. The van der Waals surface area contributed by atoms with Gasteiger partial charge in [-0.3, -0.25) is 9.59 Å². The van der Waals surface area contributed by atoms with E-state index in [4.69, 9.17) is 10.5 Å². The number of alkyl halides is 3. The van der Waals surface area contributed by atoms with E-state index < -0.39 is 30.2 Å². The maximum Gasteiger partial charge on any atom is 0.416 e. The van der Waals surface area contributed by atoms with Crippen LogP contribution in [0.1, 0.15) is 15.9 Å². The highest BCUT2D eigenvalue weighted by atomic mass is 19.4. The minimum atomic E-state index is -4.53. The van der Waals surface area contributed by atoms with Crippen LogP contribution < -0.4 is 20.7 Å². The molecule has 0 aliphatic rings. The van der Waals surface area contributed by atoms with Gasteiger partial charge in [0.1, 0.15) is 5.75 Å². The predicted octanol–water partition coefficient (Wildman–Crippen LogP) is 2.89. The van der Waals surface area contributed by atoms with Gasteiger partial charge in [-0.2, -0.15) is 13.2 Å². The molecule has 0 radical (unpaired) electrons. The number of hydrogen-bond acceptors (Lipinski definition) is 4. The lowest BCUT2D eigenvalue weighted by atomic mass is 10.1. The summed E-state index contributed by atoms with van der Waals surface area (Å²) in [6.45, 7) is -0.453. The Morgan fingerprint density at radius 3 is 2.44 bits per heavy atom. The molecular weight excluding hydrogens is 363 g/mol. The standard InChI is InChI=1S/C18H18F3N3O3/c1-24(2)15-7-6-12(18(19,20)21)9-14(15)23-16(25)10-27-13-5-3-4-11(8-13)17(22)26/h3-9H,10H2,1-2H3,(H2,22,26)(H,23,25). The maximum atomic E-state index is 12.9. The Labute approximate surface area is 153 Å². The highest BCUT2D eigenvalue weighted by Gasteiger charge is 2.31. The monoisotopic (exact) mass is 381 g/mol. The average Bonchev–Trinajstić information content (AvgIpc) is 2.59. The number of carbonyl (C=O) groups excluding carboxylic acids is 2. The summed E-state index contributed by atoms with van der Waals surface area (Å²) in [6.07, 6.45) is -4.53. The van der Waals surface area contributed by atoms with Crippen LogP contribution in [0.15, 0.2) is 42.5 Å². The van der Waals surface area contributed by atoms with Gasteiger partial charge in [0.2, 0.25) is 5.91 Å². The Bertz CT molecular complexity index is 851. The number of amides is 2. The molecule has 0 fully saturated rings. The van der Waals surface area contributed by atoms with Crippen molar-refractivity contribution in [1.82, 2.24) is 0 Å². The van der Waals surface area contributed by atoms with Crippen molar-refractivity contribution in [2.45, 2.75) is 6.18 Å². The van der Waals surface area contributed by atoms with Gasteiger partial charge in [-0.1, -0.05) is 6.07 Å². The first-order valence-electron chi connectivity index (χ1n) is 7.79. The SMILES string of the molecule is CN(C)c1ccc(C(F)(F)F)cc1NC(=O)COc1cccc(C(N)=O)c1. The van der Waals surface area contributed by atoms with Crippen molar-refractivity contribution in [3.63, 3.8) is 0 Å². The van der Waals surface area contributed by atoms with E-state index in [9.17, 15) is 22.8 Å². The number of nitrogens with one attached hydrogen (secondary N) is 1. The molecule has 0 saturated heterocycles. The van der Waals surface area contributed by atoms with Crippen molar-refractivity contribution in [2.75, 3.05) is 30.9 Å². The molecule has 3 N–H and O–H groups in total. The third-order valence-corrected chi connectivity index (χ3v) is 3.57. The molecule has 2 amide bonds. The maximum absolute atomic E-state index is 12.9. The summed E-state index contributed by atoms with van der Waals surface area (Å²) >= 11 is 0. The zero-order valence-electron chi connectivity index (χ0n) is 14.6. The molecule has 0 spiro atoms. The Morgan fingerprint density at radius 2 is 1.85 bits per heavy atom. The third-order valence-electron chi connectivity index (χ3n) is 3.57. The van der Waals surface area contributed by atoms with Gasteiger partial charge in [-0.25, -0.2) is 0 Å². The number of anilines is 2. The molecule has 2 aromatic rings. The van der Waals surface area contributed by atoms with Crippen LogP contribution in [0, 0.1) is 0 Å². The van der Waals surface area contributed by atoms with Crippen LogP contribution in [0.5, 0.6) is 5.75 Å². The van der Waals surface area contributed by atoms with Crippen molar-refractivity contribution in [3.05, 3.63) is 53.6 Å². The van der Waals surface area contributed by atoms with Gasteiger partial charge in [0.05, 0.1) is 16.9 Å². The number of ether oxygens (including phenoxy) is 1. The molecular formula is C18H18F3N3O3. The molecule has 144 valence electrons. The third kappa shape index (κ3) is 5.37. The fourth-order valence-corrected chi connectivity index (χ4v) is 2.28. The highest BCUT2D eigenvalue weighted by Crippen LogP contribution is 2.34. The van der Waals surface area contributed by atoms with Crippen molar-refractivity contribution < 1.29 is 27.5 Å². The van der Waals surface area contributed by atoms with E-state index in [1.54, 1.807) is 19.0 Å². The van der Waals surface area contributed by atoms with Crippen LogP contribution in [0.4, 0.5) is 24.5 Å². The van der Waals surface area contributed by atoms with Crippen LogP contribution in [-0.4, -0.2) is 32.5 Å². The van der Waals surface area contributed by atoms with Gasteiger partial charge in [0, 0.05) is 19.7 Å². The van der Waals surface area contributed by atoms with Crippen molar-refractivity contribution in [3.8, 4) is 5.75 Å². The van der Waals surface area contributed by atoms with Gasteiger partial charge < -0.3 is 20.7 Å². The Hall–Kier alpha value is -3.23. The van der Waals surface area contributed by atoms with Crippen LogP contribution in [0.3, 0.4) is 0 Å². The van der Waals surface area contributed by atoms with Crippen molar-refractivity contribution in [1.29, 1.82) is 0 Å². The number of hydrogen-bond donors (Lipinski definition) is 2. The number of primary amides is 1. The molecule has 0 aromatic heterocycles. The van der Waals surface area contributed by atoms with E-state index in [1.165, 1.54) is 30.3 Å². The fourth-order valence-electron chi connectivity index (χ4n) is 2.28. The predicted molar refractivity (Wildman–Crippen MR) is 94.9 cm³/mol. The van der Waals surface area contributed by atoms with Gasteiger partial charge in [0.25, 0.3) is 5.91 Å². The number of nitrogens with two attached hydrogens (primary N) is 1. The average molecular weight is 381 g/mol. The smallest absolute Gasteiger partial charge is 0.416 e. The first-order valence-corrected chi connectivity index (χ1v) is 7.79. The van der Waals surface area contributed by atoms with E-state index >= 15 is 0 Å². The topological polar surface area (TPSA) is 84.7 Å². The molecule has 0 aliphatic heterocycles. The van der Waals surface area contributed by atoms with Crippen LogP contribution in [0.25, 0.3) is 0 Å². The largest absolute Gasteiger partial charge is 0.484 e. The molecule has 6 nitrogen and oxygen atoms in total. The first-order chi connectivity index (χ1) is 12.6. The molecule has 2 aromatic carbocycles. The number of benzene rings is 2. The molecule has 0 aliphatic carbocycles. The summed E-state index contributed by atoms with van der Waals surface area (Å²) in [6, 6.07) is 8.99. The summed E-state index contributed by atoms with van der Waals surface area (Å²) in [5.74, 6) is -1.07. The normalized spacial score (nSPS) is 11.0.